The highest BCUT2D eigenvalue weighted by Gasteiger charge is 2.31. The summed E-state index contributed by atoms with van der Waals surface area (Å²) in [5.74, 6) is 2.72. The highest BCUT2D eigenvalue weighted by atomic mass is 15.2. The van der Waals surface area contributed by atoms with E-state index in [0.717, 1.165) is 23.5 Å². The quantitative estimate of drug-likeness (QED) is 0.877. The molecule has 0 spiro atoms. The minimum Gasteiger partial charge on any atom is -0.353 e. The van der Waals surface area contributed by atoms with E-state index in [1.807, 2.05) is 0 Å². The van der Waals surface area contributed by atoms with Crippen molar-refractivity contribution in [3.63, 3.8) is 0 Å². The van der Waals surface area contributed by atoms with E-state index in [0.29, 0.717) is 12.1 Å². The maximum absolute atomic E-state index is 4.76. The Morgan fingerprint density at radius 3 is 2.50 bits per heavy atom. The standard InChI is InChI=1S/C17H29N3/c1-12-9-10-16(14(12)3)19-17-18-13(2)11-20(17)15-7-5-4-6-8-15/h11-12,14-16H,4-10H2,1-3H3,(H,18,19). The van der Waals surface area contributed by atoms with Crippen molar-refractivity contribution in [3.05, 3.63) is 11.9 Å². The summed E-state index contributed by atoms with van der Waals surface area (Å²) in [5, 5.41) is 3.76. The van der Waals surface area contributed by atoms with Crippen LogP contribution in [0.2, 0.25) is 0 Å². The number of hydrogen-bond acceptors (Lipinski definition) is 2. The minimum atomic E-state index is 0.606. The highest BCUT2D eigenvalue weighted by Crippen LogP contribution is 2.35. The van der Waals surface area contributed by atoms with Crippen LogP contribution >= 0.6 is 0 Å². The molecule has 0 aromatic carbocycles. The average Bonchev–Trinajstić information content (AvgIpc) is 2.97. The maximum Gasteiger partial charge on any atom is 0.203 e. The second kappa shape index (κ2) is 5.79. The average molecular weight is 275 g/mol. The maximum atomic E-state index is 4.76. The Morgan fingerprint density at radius 2 is 1.85 bits per heavy atom. The lowest BCUT2D eigenvalue weighted by Gasteiger charge is -2.27. The van der Waals surface area contributed by atoms with E-state index in [1.54, 1.807) is 0 Å². The number of imidazole rings is 1. The van der Waals surface area contributed by atoms with Gasteiger partial charge in [0.25, 0.3) is 0 Å². The molecule has 3 rings (SSSR count). The molecule has 3 unspecified atom stereocenters. The predicted molar refractivity (Wildman–Crippen MR) is 84.1 cm³/mol. The van der Waals surface area contributed by atoms with Crippen LogP contribution < -0.4 is 5.32 Å². The molecule has 112 valence electrons. The summed E-state index contributed by atoms with van der Waals surface area (Å²) in [6.45, 7) is 6.88. The van der Waals surface area contributed by atoms with E-state index < -0.39 is 0 Å². The Morgan fingerprint density at radius 1 is 1.10 bits per heavy atom. The third kappa shape index (κ3) is 2.72. The molecule has 1 aromatic heterocycles. The van der Waals surface area contributed by atoms with Crippen LogP contribution in [0.3, 0.4) is 0 Å². The van der Waals surface area contributed by atoms with Gasteiger partial charge in [0.2, 0.25) is 5.95 Å². The topological polar surface area (TPSA) is 29.9 Å². The highest BCUT2D eigenvalue weighted by molar-refractivity contribution is 5.32. The van der Waals surface area contributed by atoms with Gasteiger partial charge in [-0.15, -0.1) is 0 Å². The first kappa shape index (κ1) is 14.0. The van der Waals surface area contributed by atoms with Gasteiger partial charge in [0.05, 0.1) is 5.69 Å². The Hall–Kier alpha value is -0.990. The third-order valence-electron chi connectivity index (χ3n) is 5.60. The molecule has 0 radical (unpaired) electrons. The first-order valence-corrected chi connectivity index (χ1v) is 8.47. The Balaban J connectivity index is 1.75. The lowest BCUT2D eigenvalue weighted by Crippen LogP contribution is -2.27. The zero-order valence-electron chi connectivity index (χ0n) is 13.2. The fourth-order valence-corrected chi connectivity index (χ4v) is 3.99. The monoisotopic (exact) mass is 275 g/mol. The molecule has 0 saturated heterocycles. The second-order valence-electron chi connectivity index (χ2n) is 7.07. The largest absolute Gasteiger partial charge is 0.353 e. The molecule has 20 heavy (non-hydrogen) atoms. The van der Waals surface area contributed by atoms with Crippen molar-refractivity contribution in [3.8, 4) is 0 Å². The number of anilines is 1. The fraction of sp³-hybridized carbons (Fsp3) is 0.824. The minimum absolute atomic E-state index is 0.606. The van der Waals surface area contributed by atoms with Crippen LogP contribution in [0, 0.1) is 18.8 Å². The van der Waals surface area contributed by atoms with Gasteiger partial charge in [0.15, 0.2) is 0 Å². The lowest BCUT2D eigenvalue weighted by atomic mass is 9.95. The Kier molecular flexibility index (Phi) is 4.04. The third-order valence-corrected chi connectivity index (χ3v) is 5.60. The molecule has 3 atom stereocenters. The first-order chi connectivity index (χ1) is 9.65. The van der Waals surface area contributed by atoms with Gasteiger partial charge in [-0.2, -0.15) is 0 Å². The van der Waals surface area contributed by atoms with E-state index in [9.17, 15) is 0 Å². The summed E-state index contributed by atoms with van der Waals surface area (Å²) in [6, 6.07) is 1.27. The smallest absolute Gasteiger partial charge is 0.203 e. The van der Waals surface area contributed by atoms with Crippen molar-refractivity contribution in [1.29, 1.82) is 0 Å². The number of aryl methyl sites for hydroxylation is 1. The number of nitrogens with one attached hydrogen (secondary N) is 1. The van der Waals surface area contributed by atoms with E-state index in [2.05, 4.69) is 36.9 Å². The van der Waals surface area contributed by atoms with Crippen LogP contribution in [0.15, 0.2) is 6.20 Å². The summed E-state index contributed by atoms with van der Waals surface area (Å²) >= 11 is 0. The van der Waals surface area contributed by atoms with E-state index >= 15 is 0 Å². The summed E-state index contributed by atoms with van der Waals surface area (Å²) in [7, 11) is 0. The first-order valence-electron chi connectivity index (χ1n) is 8.47. The summed E-state index contributed by atoms with van der Waals surface area (Å²) in [5.41, 5.74) is 1.15. The predicted octanol–water partition coefficient (Wildman–Crippen LogP) is 4.54. The van der Waals surface area contributed by atoms with Crippen molar-refractivity contribution >= 4 is 5.95 Å². The van der Waals surface area contributed by atoms with Crippen molar-refractivity contribution in [2.24, 2.45) is 11.8 Å². The molecule has 2 aliphatic rings. The van der Waals surface area contributed by atoms with Crippen molar-refractivity contribution in [2.45, 2.75) is 77.8 Å². The molecule has 1 N–H and O–H groups in total. The molecule has 0 bridgehead atoms. The molecule has 1 aromatic rings. The molecule has 2 saturated carbocycles. The van der Waals surface area contributed by atoms with E-state index in [-0.39, 0.29) is 0 Å². The second-order valence-corrected chi connectivity index (χ2v) is 7.07. The molecule has 0 aliphatic heterocycles. The van der Waals surface area contributed by atoms with Gasteiger partial charge < -0.3 is 9.88 Å². The molecule has 3 heteroatoms. The zero-order valence-corrected chi connectivity index (χ0v) is 13.2. The van der Waals surface area contributed by atoms with Gasteiger partial charge in [-0.3, -0.25) is 0 Å². The summed E-state index contributed by atoms with van der Waals surface area (Å²) in [4.78, 5) is 4.76. The van der Waals surface area contributed by atoms with Gasteiger partial charge in [-0.05, 0) is 44.4 Å². The van der Waals surface area contributed by atoms with Gasteiger partial charge in [0, 0.05) is 18.3 Å². The molecule has 1 heterocycles. The van der Waals surface area contributed by atoms with E-state index in [4.69, 9.17) is 4.98 Å². The summed E-state index contributed by atoms with van der Waals surface area (Å²) < 4.78 is 2.43. The zero-order chi connectivity index (χ0) is 14.1. The molecule has 2 fully saturated rings. The lowest BCUT2D eigenvalue weighted by molar-refractivity contribution is 0.353. The number of rotatable bonds is 3. The van der Waals surface area contributed by atoms with Crippen LogP contribution in [-0.2, 0) is 0 Å². The molecular weight excluding hydrogens is 246 g/mol. The van der Waals surface area contributed by atoms with Crippen LogP contribution in [0.25, 0.3) is 0 Å². The Labute approximate surface area is 123 Å². The van der Waals surface area contributed by atoms with Gasteiger partial charge in [-0.1, -0.05) is 33.1 Å². The number of nitrogens with zero attached hydrogens (tertiary/aromatic N) is 2. The van der Waals surface area contributed by atoms with Gasteiger partial charge >= 0.3 is 0 Å². The van der Waals surface area contributed by atoms with E-state index in [1.165, 1.54) is 44.9 Å². The molecule has 2 aliphatic carbocycles. The van der Waals surface area contributed by atoms with Gasteiger partial charge in [-0.25, -0.2) is 4.98 Å². The van der Waals surface area contributed by atoms with Crippen LogP contribution in [0.1, 0.15) is 70.5 Å². The van der Waals surface area contributed by atoms with Crippen molar-refractivity contribution in [2.75, 3.05) is 5.32 Å². The Bertz CT molecular complexity index is 445. The fourth-order valence-electron chi connectivity index (χ4n) is 3.99. The van der Waals surface area contributed by atoms with Crippen molar-refractivity contribution in [1.82, 2.24) is 9.55 Å². The normalized spacial score (nSPS) is 31.6. The van der Waals surface area contributed by atoms with Crippen LogP contribution in [-0.4, -0.2) is 15.6 Å². The summed E-state index contributed by atoms with van der Waals surface area (Å²) in [6.07, 6.45) is 11.7. The molecular formula is C17H29N3. The molecule has 0 amide bonds. The molecule has 3 nitrogen and oxygen atoms in total. The van der Waals surface area contributed by atoms with Gasteiger partial charge in [0.1, 0.15) is 0 Å². The number of aromatic nitrogens is 2. The SMILES string of the molecule is Cc1cn(C2CCCCC2)c(NC2CCC(C)C2C)n1. The van der Waals surface area contributed by atoms with Crippen molar-refractivity contribution < 1.29 is 0 Å². The number of hydrogen-bond donors (Lipinski definition) is 1. The van der Waals surface area contributed by atoms with Crippen LogP contribution in [0.5, 0.6) is 0 Å². The van der Waals surface area contributed by atoms with Crippen LogP contribution in [0.4, 0.5) is 5.95 Å².